The van der Waals surface area contributed by atoms with E-state index in [-0.39, 0.29) is 0 Å². The predicted octanol–water partition coefficient (Wildman–Crippen LogP) is 3.12. The van der Waals surface area contributed by atoms with Crippen LogP contribution in [0.25, 0.3) is 0 Å². The number of aryl methyl sites for hydroxylation is 3. The molecule has 0 atom stereocenters. The van der Waals surface area contributed by atoms with Crippen LogP contribution < -0.4 is 10.5 Å². The lowest BCUT2D eigenvalue weighted by molar-refractivity contribution is 0.224. The molecule has 0 aromatic heterocycles. The van der Waals surface area contributed by atoms with Crippen molar-refractivity contribution in [2.24, 2.45) is 11.1 Å². The number of hydrogen-bond donors (Lipinski definition) is 1. The summed E-state index contributed by atoms with van der Waals surface area (Å²) < 4.78 is 6.05. The molecule has 1 aromatic carbocycles. The topological polar surface area (TPSA) is 35.2 Å². The van der Waals surface area contributed by atoms with Crippen LogP contribution in [-0.4, -0.2) is 13.2 Å². The van der Waals surface area contributed by atoms with Crippen molar-refractivity contribution in [2.45, 2.75) is 40.0 Å². The first-order valence-electron chi connectivity index (χ1n) is 6.47. The summed E-state index contributed by atoms with van der Waals surface area (Å²) in [6.07, 6.45) is 3.64. The summed E-state index contributed by atoms with van der Waals surface area (Å²) in [6.45, 7) is 7.97. The van der Waals surface area contributed by atoms with Crippen molar-refractivity contribution in [3.05, 3.63) is 28.8 Å². The molecule has 17 heavy (non-hydrogen) atoms. The molecule has 0 heterocycles. The van der Waals surface area contributed by atoms with E-state index in [1.807, 2.05) is 0 Å². The van der Waals surface area contributed by atoms with Gasteiger partial charge in [-0.15, -0.1) is 0 Å². The van der Waals surface area contributed by atoms with Gasteiger partial charge >= 0.3 is 0 Å². The molecular weight excluding hydrogens is 210 g/mol. The van der Waals surface area contributed by atoms with Crippen molar-refractivity contribution in [1.82, 2.24) is 0 Å². The molecule has 2 nitrogen and oxygen atoms in total. The fourth-order valence-corrected chi connectivity index (χ4v) is 2.57. The summed E-state index contributed by atoms with van der Waals surface area (Å²) in [6, 6.07) is 4.37. The molecule has 1 aliphatic carbocycles. The summed E-state index contributed by atoms with van der Waals surface area (Å²) >= 11 is 0. The third-order valence-corrected chi connectivity index (χ3v) is 3.76. The Balaban J connectivity index is 2.04. The second-order valence-electron chi connectivity index (χ2n) is 5.56. The number of ether oxygens (including phenoxy) is 1. The van der Waals surface area contributed by atoms with E-state index < -0.39 is 0 Å². The molecule has 0 amide bonds. The summed E-state index contributed by atoms with van der Waals surface area (Å²) in [5.41, 5.74) is 9.82. The molecule has 2 N–H and O–H groups in total. The van der Waals surface area contributed by atoms with Crippen LogP contribution in [0.15, 0.2) is 12.1 Å². The van der Waals surface area contributed by atoms with E-state index in [9.17, 15) is 0 Å². The van der Waals surface area contributed by atoms with Crippen molar-refractivity contribution in [1.29, 1.82) is 0 Å². The highest BCUT2D eigenvalue weighted by Gasteiger charge is 2.42. The highest BCUT2D eigenvalue weighted by Crippen LogP contribution is 2.48. The number of nitrogens with two attached hydrogens (primary N) is 1. The lowest BCUT2D eigenvalue weighted by Crippen LogP contribution is -2.18. The molecule has 1 fully saturated rings. The smallest absolute Gasteiger partial charge is 0.125 e. The van der Waals surface area contributed by atoms with Crippen LogP contribution in [-0.2, 0) is 0 Å². The maximum absolute atomic E-state index is 6.05. The van der Waals surface area contributed by atoms with Gasteiger partial charge in [-0.3, -0.25) is 0 Å². The van der Waals surface area contributed by atoms with Gasteiger partial charge in [0, 0.05) is 5.41 Å². The number of benzene rings is 1. The molecule has 2 heteroatoms. The molecular formula is C15H23NO. The maximum Gasteiger partial charge on any atom is 0.125 e. The third-order valence-electron chi connectivity index (χ3n) is 3.76. The Morgan fingerprint density at radius 1 is 1.18 bits per heavy atom. The second kappa shape index (κ2) is 4.69. The van der Waals surface area contributed by atoms with Crippen LogP contribution in [0.5, 0.6) is 5.75 Å². The van der Waals surface area contributed by atoms with Crippen molar-refractivity contribution in [3.8, 4) is 5.75 Å². The second-order valence-corrected chi connectivity index (χ2v) is 5.56. The fraction of sp³-hybridized carbons (Fsp3) is 0.600. The Morgan fingerprint density at radius 2 is 1.76 bits per heavy atom. The molecule has 0 bridgehead atoms. The Morgan fingerprint density at radius 3 is 2.24 bits per heavy atom. The van der Waals surface area contributed by atoms with Crippen LogP contribution in [0.4, 0.5) is 0 Å². The van der Waals surface area contributed by atoms with Gasteiger partial charge in [0.25, 0.3) is 0 Å². The Labute approximate surface area is 104 Å². The van der Waals surface area contributed by atoms with Gasteiger partial charge in [-0.1, -0.05) is 17.7 Å². The van der Waals surface area contributed by atoms with Gasteiger partial charge in [0.05, 0.1) is 6.61 Å². The zero-order valence-corrected chi connectivity index (χ0v) is 11.2. The zero-order valence-electron chi connectivity index (χ0n) is 11.2. The summed E-state index contributed by atoms with van der Waals surface area (Å²) in [5, 5.41) is 0. The molecule has 1 aliphatic rings. The largest absolute Gasteiger partial charge is 0.492 e. The highest BCUT2D eigenvalue weighted by atomic mass is 16.5. The number of rotatable bonds is 5. The van der Waals surface area contributed by atoms with E-state index in [0.717, 1.165) is 25.3 Å². The van der Waals surface area contributed by atoms with E-state index in [1.54, 1.807) is 0 Å². The molecule has 0 unspecified atom stereocenters. The first-order chi connectivity index (χ1) is 8.06. The zero-order chi connectivity index (χ0) is 12.5. The average Bonchev–Trinajstić information content (AvgIpc) is 2.97. The molecule has 94 valence electrons. The molecule has 0 spiro atoms. The van der Waals surface area contributed by atoms with E-state index in [0.29, 0.717) is 5.41 Å². The van der Waals surface area contributed by atoms with Crippen LogP contribution in [0.3, 0.4) is 0 Å². The van der Waals surface area contributed by atoms with Gasteiger partial charge in [-0.2, -0.15) is 0 Å². The standard InChI is InChI=1S/C15H23NO/c1-11-8-12(2)14(13(3)9-11)17-10-15(4-5-15)6-7-16/h8-9H,4-7,10,16H2,1-3H3. The lowest BCUT2D eigenvalue weighted by atomic mass is 10.0. The predicted molar refractivity (Wildman–Crippen MR) is 71.5 cm³/mol. The maximum atomic E-state index is 6.05. The molecule has 0 radical (unpaired) electrons. The molecule has 0 saturated heterocycles. The minimum atomic E-state index is 0.387. The van der Waals surface area contributed by atoms with Crippen molar-refractivity contribution >= 4 is 0 Å². The molecule has 0 aliphatic heterocycles. The first-order valence-corrected chi connectivity index (χ1v) is 6.47. The quantitative estimate of drug-likeness (QED) is 0.848. The monoisotopic (exact) mass is 233 g/mol. The lowest BCUT2D eigenvalue weighted by Gasteiger charge is -2.18. The summed E-state index contributed by atoms with van der Waals surface area (Å²) in [4.78, 5) is 0. The van der Waals surface area contributed by atoms with Gasteiger partial charge in [0.2, 0.25) is 0 Å². The van der Waals surface area contributed by atoms with Gasteiger partial charge < -0.3 is 10.5 Å². The minimum absolute atomic E-state index is 0.387. The van der Waals surface area contributed by atoms with Gasteiger partial charge in [0.1, 0.15) is 5.75 Å². The highest BCUT2D eigenvalue weighted by molar-refractivity contribution is 5.43. The summed E-state index contributed by atoms with van der Waals surface area (Å²) in [5.74, 6) is 1.07. The molecule has 1 saturated carbocycles. The first kappa shape index (κ1) is 12.4. The van der Waals surface area contributed by atoms with Gasteiger partial charge in [-0.05, 0) is 57.7 Å². The summed E-state index contributed by atoms with van der Waals surface area (Å²) in [7, 11) is 0. The van der Waals surface area contributed by atoms with Crippen LogP contribution >= 0.6 is 0 Å². The fourth-order valence-electron chi connectivity index (χ4n) is 2.57. The molecule has 1 aromatic rings. The normalized spacial score (nSPS) is 16.9. The Kier molecular flexibility index (Phi) is 3.43. The minimum Gasteiger partial charge on any atom is -0.492 e. The average molecular weight is 233 g/mol. The van der Waals surface area contributed by atoms with Gasteiger partial charge in [-0.25, -0.2) is 0 Å². The van der Waals surface area contributed by atoms with Crippen molar-refractivity contribution in [3.63, 3.8) is 0 Å². The van der Waals surface area contributed by atoms with Crippen molar-refractivity contribution in [2.75, 3.05) is 13.2 Å². The third kappa shape index (κ3) is 2.81. The van der Waals surface area contributed by atoms with E-state index >= 15 is 0 Å². The van der Waals surface area contributed by atoms with Crippen molar-refractivity contribution < 1.29 is 4.74 Å². The van der Waals surface area contributed by atoms with E-state index in [1.165, 1.54) is 29.5 Å². The van der Waals surface area contributed by atoms with E-state index in [2.05, 4.69) is 32.9 Å². The SMILES string of the molecule is Cc1cc(C)c(OCC2(CCN)CC2)c(C)c1. The Hall–Kier alpha value is -1.02. The van der Waals surface area contributed by atoms with Gasteiger partial charge in [0.15, 0.2) is 0 Å². The van der Waals surface area contributed by atoms with Crippen LogP contribution in [0, 0.1) is 26.2 Å². The Bertz CT molecular complexity index is 384. The van der Waals surface area contributed by atoms with Crippen LogP contribution in [0.2, 0.25) is 0 Å². The number of hydrogen-bond acceptors (Lipinski definition) is 2. The molecule has 2 rings (SSSR count). The van der Waals surface area contributed by atoms with E-state index in [4.69, 9.17) is 10.5 Å². The van der Waals surface area contributed by atoms with Crippen LogP contribution in [0.1, 0.15) is 36.0 Å².